The molecule has 3 rings (SSSR count). The average molecular weight is 405 g/mol. The molecule has 11 heteroatoms. The van der Waals surface area contributed by atoms with E-state index in [1.807, 2.05) is 0 Å². The van der Waals surface area contributed by atoms with Gasteiger partial charge in [0.05, 0.1) is 37.0 Å². The Morgan fingerprint density at radius 1 is 1.36 bits per heavy atom. The number of carbonyl (C=O) groups is 1. The fourth-order valence-corrected chi connectivity index (χ4v) is 3.24. The molecule has 156 valence electrons. The second-order valence-corrected chi connectivity index (χ2v) is 6.54. The standard InChI is InChI=1S/C17H22F3N3O5/c1-26-6-5-21-13-14(24)12(11-8-27-15(13)28-11)23-16(25)22-10-4-2-3-9(7-10)17(18,19)20/h2-4,7,11-15,21,24H,5-6,8H2,1H3,(H2,22,23,25). The normalized spacial score (nSPS) is 29.5. The fourth-order valence-electron chi connectivity index (χ4n) is 3.24. The molecular formula is C17H22F3N3O5. The van der Waals surface area contributed by atoms with Crippen molar-refractivity contribution in [3.8, 4) is 0 Å². The molecule has 1 aromatic rings. The summed E-state index contributed by atoms with van der Waals surface area (Å²) in [7, 11) is 1.54. The number of carbonyl (C=O) groups excluding carboxylic acids is 1. The minimum atomic E-state index is -4.52. The largest absolute Gasteiger partial charge is 0.416 e. The van der Waals surface area contributed by atoms with E-state index < -0.39 is 48.4 Å². The number of amides is 2. The Balaban J connectivity index is 1.63. The molecule has 2 aliphatic heterocycles. The Labute approximate surface area is 159 Å². The average Bonchev–Trinajstić information content (AvgIpc) is 3.07. The van der Waals surface area contributed by atoms with Crippen LogP contribution in [0.1, 0.15) is 5.56 Å². The minimum Gasteiger partial charge on any atom is -0.389 e. The van der Waals surface area contributed by atoms with Crippen LogP contribution in [0.15, 0.2) is 24.3 Å². The Kier molecular flexibility index (Phi) is 6.40. The maximum absolute atomic E-state index is 12.8. The molecule has 5 atom stereocenters. The molecule has 2 aliphatic rings. The van der Waals surface area contributed by atoms with E-state index in [1.165, 1.54) is 12.1 Å². The number of nitrogens with one attached hydrogen (secondary N) is 3. The number of hydrogen-bond donors (Lipinski definition) is 4. The van der Waals surface area contributed by atoms with Crippen molar-refractivity contribution in [2.24, 2.45) is 0 Å². The van der Waals surface area contributed by atoms with Crippen LogP contribution in [0.3, 0.4) is 0 Å². The molecule has 0 spiro atoms. The van der Waals surface area contributed by atoms with Gasteiger partial charge in [-0.25, -0.2) is 4.79 Å². The summed E-state index contributed by atoms with van der Waals surface area (Å²) >= 11 is 0. The molecule has 5 unspecified atom stereocenters. The number of methoxy groups -OCH3 is 1. The number of benzene rings is 1. The van der Waals surface area contributed by atoms with Crippen LogP contribution in [0.2, 0.25) is 0 Å². The Hall–Kier alpha value is -1.92. The van der Waals surface area contributed by atoms with E-state index in [0.717, 1.165) is 12.1 Å². The molecule has 0 aliphatic carbocycles. The summed E-state index contributed by atoms with van der Waals surface area (Å²) in [5, 5.41) is 18.6. The highest BCUT2D eigenvalue weighted by atomic mass is 19.4. The number of ether oxygens (including phenoxy) is 3. The van der Waals surface area contributed by atoms with Crippen molar-refractivity contribution in [3.05, 3.63) is 29.8 Å². The molecule has 0 saturated carbocycles. The van der Waals surface area contributed by atoms with Crippen LogP contribution in [0, 0.1) is 0 Å². The summed E-state index contributed by atoms with van der Waals surface area (Å²) in [5.41, 5.74) is -0.894. The zero-order chi connectivity index (χ0) is 20.3. The summed E-state index contributed by atoms with van der Waals surface area (Å²) in [5.74, 6) is 0. The van der Waals surface area contributed by atoms with Crippen molar-refractivity contribution in [2.45, 2.75) is 36.8 Å². The number of aliphatic hydroxyl groups excluding tert-OH is 1. The number of aliphatic hydroxyl groups is 1. The lowest BCUT2D eigenvalue weighted by molar-refractivity contribution is -0.151. The van der Waals surface area contributed by atoms with Gasteiger partial charge in [-0.3, -0.25) is 0 Å². The highest BCUT2D eigenvalue weighted by Gasteiger charge is 2.50. The van der Waals surface area contributed by atoms with E-state index in [2.05, 4.69) is 16.0 Å². The second kappa shape index (κ2) is 8.62. The first-order valence-electron chi connectivity index (χ1n) is 8.72. The predicted molar refractivity (Wildman–Crippen MR) is 91.7 cm³/mol. The van der Waals surface area contributed by atoms with Crippen LogP contribution in [0.4, 0.5) is 23.7 Å². The lowest BCUT2D eigenvalue weighted by Gasteiger charge is -2.39. The molecule has 1 aromatic carbocycles. The lowest BCUT2D eigenvalue weighted by atomic mass is 9.96. The Bertz CT molecular complexity index is 690. The molecule has 8 nitrogen and oxygen atoms in total. The van der Waals surface area contributed by atoms with Gasteiger partial charge >= 0.3 is 12.2 Å². The summed E-state index contributed by atoms with van der Waals surface area (Å²) < 4.78 is 54.5. The van der Waals surface area contributed by atoms with Gasteiger partial charge in [-0.15, -0.1) is 0 Å². The molecule has 2 amide bonds. The van der Waals surface area contributed by atoms with Crippen molar-refractivity contribution in [1.82, 2.24) is 10.6 Å². The minimum absolute atomic E-state index is 0.0196. The van der Waals surface area contributed by atoms with Crippen molar-refractivity contribution in [1.29, 1.82) is 0 Å². The van der Waals surface area contributed by atoms with E-state index in [4.69, 9.17) is 14.2 Å². The van der Waals surface area contributed by atoms with Gasteiger partial charge in [0.15, 0.2) is 6.29 Å². The third-order valence-corrected chi connectivity index (χ3v) is 4.60. The number of alkyl halides is 3. The number of anilines is 1. The summed E-state index contributed by atoms with van der Waals surface area (Å²) in [6.07, 6.45) is -6.75. The zero-order valence-electron chi connectivity index (χ0n) is 15.0. The van der Waals surface area contributed by atoms with Crippen LogP contribution < -0.4 is 16.0 Å². The van der Waals surface area contributed by atoms with Gasteiger partial charge in [-0.2, -0.15) is 13.2 Å². The van der Waals surface area contributed by atoms with Gasteiger partial charge in [0.25, 0.3) is 0 Å². The van der Waals surface area contributed by atoms with Crippen LogP contribution in [0.25, 0.3) is 0 Å². The van der Waals surface area contributed by atoms with Crippen molar-refractivity contribution < 1.29 is 37.3 Å². The van der Waals surface area contributed by atoms with Gasteiger partial charge in [-0.05, 0) is 18.2 Å². The highest BCUT2D eigenvalue weighted by molar-refractivity contribution is 5.89. The smallest absolute Gasteiger partial charge is 0.389 e. The summed E-state index contributed by atoms with van der Waals surface area (Å²) in [6.45, 7) is 1.03. The molecular weight excluding hydrogens is 383 g/mol. The van der Waals surface area contributed by atoms with E-state index >= 15 is 0 Å². The predicted octanol–water partition coefficient (Wildman–Crippen LogP) is 0.916. The molecule has 2 saturated heterocycles. The van der Waals surface area contributed by atoms with Gasteiger partial charge in [-0.1, -0.05) is 6.07 Å². The van der Waals surface area contributed by atoms with E-state index in [-0.39, 0.29) is 12.3 Å². The van der Waals surface area contributed by atoms with Crippen LogP contribution in [-0.2, 0) is 20.4 Å². The SMILES string of the molecule is COCCNC1C2OCC(O2)C(NC(=O)Nc2cccc(C(F)(F)F)c2)C1O. The second-order valence-electron chi connectivity index (χ2n) is 6.54. The Morgan fingerprint density at radius 3 is 2.86 bits per heavy atom. The van der Waals surface area contributed by atoms with Gasteiger partial charge < -0.3 is 35.3 Å². The maximum Gasteiger partial charge on any atom is 0.416 e. The van der Waals surface area contributed by atoms with Gasteiger partial charge in [0.1, 0.15) is 6.10 Å². The van der Waals surface area contributed by atoms with Gasteiger partial charge in [0, 0.05) is 19.3 Å². The summed E-state index contributed by atoms with van der Waals surface area (Å²) in [6, 6.07) is 2.13. The van der Waals surface area contributed by atoms with Crippen LogP contribution >= 0.6 is 0 Å². The molecule has 2 bridgehead atoms. The van der Waals surface area contributed by atoms with E-state index in [9.17, 15) is 23.1 Å². The maximum atomic E-state index is 12.8. The lowest BCUT2D eigenvalue weighted by Crippen LogP contribution is -2.65. The number of rotatable bonds is 6. The number of hydrogen-bond acceptors (Lipinski definition) is 6. The monoisotopic (exact) mass is 405 g/mol. The molecule has 2 fully saturated rings. The van der Waals surface area contributed by atoms with Crippen molar-refractivity contribution in [2.75, 3.05) is 32.2 Å². The first kappa shape index (κ1) is 20.8. The molecule has 2 heterocycles. The number of halogens is 3. The van der Waals surface area contributed by atoms with Crippen LogP contribution in [0.5, 0.6) is 0 Å². The van der Waals surface area contributed by atoms with Crippen molar-refractivity contribution >= 4 is 11.7 Å². The molecule has 0 radical (unpaired) electrons. The summed E-state index contributed by atoms with van der Waals surface area (Å²) in [4.78, 5) is 12.3. The van der Waals surface area contributed by atoms with Crippen LogP contribution in [-0.4, -0.2) is 68.6 Å². The topological polar surface area (TPSA) is 101 Å². The highest BCUT2D eigenvalue weighted by Crippen LogP contribution is 2.31. The van der Waals surface area contributed by atoms with Gasteiger partial charge in [0.2, 0.25) is 0 Å². The third kappa shape index (κ3) is 4.73. The first-order valence-corrected chi connectivity index (χ1v) is 8.72. The fraction of sp³-hybridized carbons (Fsp3) is 0.588. The van der Waals surface area contributed by atoms with E-state index in [0.29, 0.717) is 13.2 Å². The molecule has 0 aromatic heterocycles. The van der Waals surface area contributed by atoms with E-state index in [1.54, 1.807) is 7.11 Å². The molecule has 4 N–H and O–H groups in total. The number of fused-ring (bicyclic) bond motifs is 2. The number of urea groups is 1. The molecule has 28 heavy (non-hydrogen) atoms. The third-order valence-electron chi connectivity index (χ3n) is 4.60. The zero-order valence-corrected chi connectivity index (χ0v) is 15.0. The first-order chi connectivity index (χ1) is 13.3. The quantitative estimate of drug-likeness (QED) is 0.525. The Morgan fingerprint density at radius 2 is 2.14 bits per heavy atom. The van der Waals surface area contributed by atoms with Crippen molar-refractivity contribution in [3.63, 3.8) is 0 Å².